The lowest BCUT2D eigenvalue weighted by molar-refractivity contribution is 0.100. The molecule has 160 valence electrons. The predicted molar refractivity (Wildman–Crippen MR) is 135 cm³/mol. The smallest absolute Gasteiger partial charge is 0.248 e. The van der Waals surface area contributed by atoms with E-state index in [1.54, 1.807) is 12.1 Å². The zero-order valence-electron chi connectivity index (χ0n) is 17.0. The molecule has 4 aromatic carbocycles. The van der Waals surface area contributed by atoms with Gasteiger partial charge in [-0.3, -0.25) is 4.79 Å². The van der Waals surface area contributed by atoms with Crippen molar-refractivity contribution in [1.82, 2.24) is 0 Å². The Hall–Kier alpha value is -3.11. The molecule has 0 aromatic heterocycles. The molecule has 0 unspecified atom stereocenters. The van der Waals surface area contributed by atoms with Gasteiger partial charge >= 0.3 is 0 Å². The third-order valence-electron chi connectivity index (χ3n) is 4.52. The first-order chi connectivity index (χ1) is 14.2. The van der Waals surface area contributed by atoms with Crippen molar-refractivity contribution in [3.05, 3.63) is 120 Å². The highest BCUT2D eigenvalue weighted by molar-refractivity contribution is 5.94. The molecule has 0 fully saturated rings. The fourth-order valence-electron chi connectivity index (χ4n) is 2.99. The monoisotopic (exact) mass is 452 g/mol. The second-order valence-corrected chi connectivity index (χ2v) is 6.58. The standard InChI is InChI=1S/C13H11NO.C13H13N.2ClH/c14-13(15)12-8-4-7-11(9-12)10-5-2-1-3-6-10;14-10-11-5-4-8-13(9-11)12-6-2-1-3-7-12;;/h1-9H,(H2,14,15);1-9H,10,14H2;2*1H. The lowest BCUT2D eigenvalue weighted by atomic mass is 10.0. The van der Waals surface area contributed by atoms with Gasteiger partial charge in [-0.1, -0.05) is 91.0 Å². The van der Waals surface area contributed by atoms with Gasteiger partial charge in [-0.2, -0.15) is 0 Å². The van der Waals surface area contributed by atoms with Crippen molar-refractivity contribution >= 4 is 30.7 Å². The molecule has 0 heterocycles. The summed E-state index contributed by atoms with van der Waals surface area (Å²) < 4.78 is 0. The fraction of sp³-hybridized carbons (Fsp3) is 0.0385. The Balaban J connectivity index is 0.000000292. The van der Waals surface area contributed by atoms with Gasteiger partial charge in [0.25, 0.3) is 0 Å². The van der Waals surface area contributed by atoms with Crippen molar-refractivity contribution < 1.29 is 4.79 Å². The van der Waals surface area contributed by atoms with Gasteiger partial charge in [0, 0.05) is 12.1 Å². The Morgan fingerprint density at radius 1 is 0.581 bits per heavy atom. The van der Waals surface area contributed by atoms with Crippen LogP contribution in [0.15, 0.2) is 109 Å². The summed E-state index contributed by atoms with van der Waals surface area (Å²) in [4.78, 5) is 11.0. The van der Waals surface area contributed by atoms with Crippen LogP contribution < -0.4 is 11.5 Å². The Bertz CT molecular complexity index is 1070. The maximum Gasteiger partial charge on any atom is 0.248 e. The minimum absolute atomic E-state index is 0. The van der Waals surface area contributed by atoms with Crippen molar-refractivity contribution in [2.45, 2.75) is 6.54 Å². The van der Waals surface area contributed by atoms with Gasteiger partial charge < -0.3 is 11.5 Å². The molecule has 4 aromatic rings. The lowest BCUT2D eigenvalue weighted by Crippen LogP contribution is -2.10. The summed E-state index contributed by atoms with van der Waals surface area (Å²) in [7, 11) is 0. The van der Waals surface area contributed by atoms with E-state index < -0.39 is 5.91 Å². The fourth-order valence-corrected chi connectivity index (χ4v) is 2.99. The zero-order valence-corrected chi connectivity index (χ0v) is 18.6. The first-order valence-corrected chi connectivity index (χ1v) is 9.47. The number of amides is 1. The average molecular weight is 453 g/mol. The molecular weight excluding hydrogens is 427 g/mol. The van der Waals surface area contributed by atoms with Crippen molar-refractivity contribution in [3.63, 3.8) is 0 Å². The van der Waals surface area contributed by atoms with E-state index in [9.17, 15) is 4.79 Å². The Morgan fingerprint density at radius 2 is 1.03 bits per heavy atom. The van der Waals surface area contributed by atoms with Crippen LogP contribution in [-0.4, -0.2) is 5.91 Å². The highest BCUT2D eigenvalue weighted by Gasteiger charge is 2.02. The minimum Gasteiger partial charge on any atom is -0.366 e. The second kappa shape index (κ2) is 13.2. The van der Waals surface area contributed by atoms with Crippen LogP contribution in [0.2, 0.25) is 0 Å². The van der Waals surface area contributed by atoms with E-state index in [0.717, 1.165) is 11.1 Å². The molecule has 4 N–H and O–H groups in total. The molecule has 0 bridgehead atoms. The Morgan fingerprint density at radius 3 is 1.52 bits per heavy atom. The van der Waals surface area contributed by atoms with Gasteiger partial charge in [0.15, 0.2) is 0 Å². The summed E-state index contributed by atoms with van der Waals surface area (Å²) in [6.07, 6.45) is 0. The van der Waals surface area contributed by atoms with Gasteiger partial charge in [-0.05, 0) is 46.0 Å². The van der Waals surface area contributed by atoms with Gasteiger partial charge in [0.2, 0.25) is 5.91 Å². The van der Waals surface area contributed by atoms with Crippen LogP contribution >= 0.6 is 24.8 Å². The third-order valence-corrected chi connectivity index (χ3v) is 4.52. The zero-order chi connectivity index (χ0) is 20.5. The number of hydrogen-bond acceptors (Lipinski definition) is 2. The van der Waals surface area contributed by atoms with Crippen LogP contribution in [0.3, 0.4) is 0 Å². The summed E-state index contributed by atoms with van der Waals surface area (Å²) in [6.45, 7) is 0.598. The number of benzene rings is 4. The molecule has 1 amide bonds. The number of nitrogens with two attached hydrogens (primary N) is 2. The number of primary amides is 1. The predicted octanol–water partition coefficient (Wildman–Crippen LogP) is 6.11. The van der Waals surface area contributed by atoms with Crippen molar-refractivity contribution in [3.8, 4) is 22.3 Å². The van der Waals surface area contributed by atoms with Crippen LogP contribution in [-0.2, 0) is 6.54 Å². The summed E-state index contributed by atoms with van der Waals surface area (Å²) in [5.41, 5.74) is 17.1. The molecule has 0 aliphatic carbocycles. The van der Waals surface area contributed by atoms with Crippen molar-refractivity contribution in [1.29, 1.82) is 0 Å². The van der Waals surface area contributed by atoms with E-state index in [1.807, 2.05) is 72.8 Å². The van der Waals surface area contributed by atoms with E-state index in [2.05, 4.69) is 24.3 Å². The molecule has 4 rings (SSSR count). The summed E-state index contributed by atoms with van der Waals surface area (Å²) in [5, 5.41) is 0. The first-order valence-electron chi connectivity index (χ1n) is 9.47. The van der Waals surface area contributed by atoms with Gasteiger partial charge in [-0.15, -0.1) is 24.8 Å². The van der Waals surface area contributed by atoms with Crippen molar-refractivity contribution in [2.75, 3.05) is 0 Å². The Labute approximate surface area is 195 Å². The normalized spacial score (nSPS) is 9.32. The molecule has 0 radical (unpaired) electrons. The quantitative estimate of drug-likeness (QED) is 0.392. The van der Waals surface area contributed by atoms with E-state index in [1.165, 1.54) is 16.7 Å². The van der Waals surface area contributed by atoms with Gasteiger partial charge in [0.1, 0.15) is 0 Å². The molecule has 0 aliphatic rings. The largest absolute Gasteiger partial charge is 0.366 e. The highest BCUT2D eigenvalue weighted by atomic mass is 35.5. The van der Waals surface area contributed by atoms with E-state index in [4.69, 9.17) is 11.5 Å². The van der Waals surface area contributed by atoms with Crippen LogP contribution in [0.4, 0.5) is 0 Å². The lowest BCUT2D eigenvalue weighted by Gasteiger charge is -2.03. The molecule has 0 saturated carbocycles. The molecule has 0 saturated heterocycles. The van der Waals surface area contributed by atoms with Crippen molar-refractivity contribution in [2.24, 2.45) is 11.5 Å². The van der Waals surface area contributed by atoms with Crippen LogP contribution in [0.5, 0.6) is 0 Å². The molecule has 0 spiro atoms. The molecule has 0 atom stereocenters. The molecular formula is C26H26Cl2N2O. The highest BCUT2D eigenvalue weighted by Crippen LogP contribution is 2.20. The molecule has 3 nitrogen and oxygen atoms in total. The Kier molecular flexibility index (Phi) is 11.1. The summed E-state index contributed by atoms with van der Waals surface area (Å²) >= 11 is 0. The molecule has 0 aliphatic heterocycles. The average Bonchev–Trinajstić information content (AvgIpc) is 2.81. The SMILES string of the molecule is Cl.Cl.NC(=O)c1cccc(-c2ccccc2)c1.NCc1cccc(-c2ccccc2)c1. The maximum atomic E-state index is 11.0. The van der Waals surface area contributed by atoms with Gasteiger partial charge in [-0.25, -0.2) is 0 Å². The number of halogens is 2. The number of carbonyl (C=O) groups is 1. The van der Waals surface area contributed by atoms with E-state index in [-0.39, 0.29) is 24.8 Å². The number of rotatable bonds is 4. The second-order valence-electron chi connectivity index (χ2n) is 6.58. The summed E-state index contributed by atoms with van der Waals surface area (Å²) in [6, 6.07) is 35.9. The number of hydrogen-bond donors (Lipinski definition) is 2. The van der Waals surface area contributed by atoms with E-state index >= 15 is 0 Å². The number of carbonyl (C=O) groups excluding carboxylic acids is 1. The third kappa shape index (κ3) is 7.58. The molecule has 5 heteroatoms. The maximum absolute atomic E-state index is 11.0. The van der Waals surface area contributed by atoms with Crippen LogP contribution in [0, 0.1) is 0 Å². The van der Waals surface area contributed by atoms with Crippen LogP contribution in [0.1, 0.15) is 15.9 Å². The van der Waals surface area contributed by atoms with Crippen LogP contribution in [0.25, 0.3) is 22.3 Å². The summed E-state index contributed by atoms with van der Waals surface area (Å²) in [5.74, 6) is -0.396. The molecule has 31 heavy (non-hydrogen) atoms. The topological polar surface area (TPSA) is 69.1 Å². The first kappa shape index (κ1) is 25.9. The van der Waals surface area contributed by atoms with E-state index in [0.29, 0.717) is 12.1 Å². The minimum atomic E-state index is -0.396. The van der Waals surface area contributed by atoms with Gasteiger partial charge in [0.05, 0.1) is 0 Å².